The third kappa shape index (κ3) is 3.19. The van der Waals surface area contributed by atoms with E-state index in [0.29, 0.717) is 5.16 Å². The standard InChI is InChI=1S/C13H13BrN2O2S/c1-8-5-10(6-9(2)12(8)14)16-4-3-15-13(16)19-7-11(17)18/h3-6H,7H2,1-2H3,(H,17,18). The topological polar surface area (TPSA) is 55.1 Å². The molecule has 0 aliphatic carbocycles. The maximum Gasteiger partial charge on any atom is 0.313 e. The molecular weight excluding hydrogens is 328 g/mol. The molecule has 0 unspecified atom stereocenters. The highest BCUT2D eigenvalue weighted by Gasteiger charge is 2.10. The number of aliphatic carboxylic acids is 1. The molecule has 2 aromatic rings. The van der Waals surface area contributed by atoms with Crippen LogP contribution in [0.4, 0.5) is 0 Å². The number of rotatable bonds is 4. The van der Waals surface area contributed by atoms with Crippen LogP contribution in [0.5, 0.6) is 0 Å². The van der Waals surface area contributed by atoms with Gasteiger partial charge in [0, 0.05) is 22.6 Å². The first-order valence-electron chi connectivity index (χ1n) is 5.64. The van der Waals surface area contributed by atoms with Crippen LogP contribution in [0.15, 0.2) is 34.2 Å². The summed E-state index contributed by atoms with van der Waals surface area (Å²) in [5, 5.41) is 9.42. The van der Waals surface area contributed by atoms with Gasteiger partial charge in [0.25, 0.3) is 0 Å². The third-order valence-corrected chi connectivity index (χ3v) is 4.83. The van der Waals surface area contributed by atoms with Gasteiger partial charge in [-0.25, -0.2) is 4.98 Å². The van der Waals surface area contributed by atoms with E-state index in [1.54, 1.807) is 6.20 Å². The van der Waals surface area contributed by atoms with Crippen LogP contribution >= 0.6 is 27.7 Å². The Hall–Kier alpha value is -1.27. The Morgan fingerprint density at radius 3 is 2.63 bits per heavy atom. The second-order valence-corrected chi connectivity index (χ2v) is 5.89. The van der Waals surface area contributed by atoms with Gasteiger partial charge in [-0.05, 0) is 37.1 Å². The predicted octanol–water partition coefficient (Wildman–Crippen LogP) is 3.43. The first-order valence-corrected chi connectivity index (χ1v) is 7.42. The molecule has 1 heterocycles. The molecule has 19 heavy (non-hydrogen) atoms. The minimum absolute atomic E-state index is 0.00546. The van der Waals surface area contributed by atoms with Crippen LogP contribution in [0.25, 0.3) is 5.69 Å². The first kappa shape index (κ1) is 14.1. The van der Waals surface area contributed by atoms with Crippen LogP contribution in [0, 0.1) is 13.8 Å². The predicted molar refractivity (Wildman–Crippen MR) is 79.1 cm³/mol. The van der Waals surface area contributed by atoms with Crippen molar-refractivity contribution >= 4 is 33.7 Å². The number of hydrogen-bond acceptors (Lipinski definition) is 3. The van der Waals surface area contributed by atoms with Gasteiger partial charge in [0.05, 0.1) is 5.75 Å². The number of carboxylic acid groups (broad SMARTS) is 1. The fraction of sp³-hybridized carbons (Fsp3) is 0.231. The van der Waals surface area contributed by atoms with Crippen molar-refractivity contribution in [1.29, 1.82) is 0 Å². The van der Waals surface area contributed by atoms with Crippen LogP contribution in [-0.2, 0) is 4.79 Å². The Kier molecular flexibility index (Phi) is 4.31. The van der Waals surface area contributed by atoms with Gasteiger partial charge in [0.1, 0.15) is 0 Å². The number of carbonyl (C=O) groups is 1. The number of carboxylic acids is 1. The van der Waals surface area contributed by atoms with Crippen molar-refractivity contribution in [2.75, 3.05) is 5.75 Å². The van der Waals surface area contributed by atoms with Gasteiger partial charge in [-0.3, -0.25) is 9.36 Å². The van der Waals surface area contributed by atoms with Crippen molar-refractivity contribution in [3.63, 3.8) is 0 Å². The fourth-order valence-electron chi connectivity index (χ4n) is 1.78. The first-order chi connectivity index (χ1) is 8.99. The molecule has 0 aliphatic rings. The lowest BCUT2D eigenvalue weighted by Gasteiger charge is -2.11. The maximum atomic E-state index is 10.6. The average Bonchev–Trinajstić information content (AvgIpc) is 2.81. The van der Waals surface area contributed by atoms with Crippen LogP contribution < -0.4 is 0 Å². The van der Waals surface area contributed by atoms with E-state index < -0.39 is 5.97 Å². The van der Waals surface area contributed by atoms with Crippen LogP contribution in [0.2, 0.25) is 0 Å². The molecule has 6 heteroatoms. The van der Waals surface area contributed by atoms with E-state index in [0.717, 1.165) is 21.3 Å². The summed E-state index contributed by atoms with van der Waals surface area (Å²) in [5.74, 6) is -0.839. The summed E-state index contributed by atoms with van der Waals surface area (Å²) in [6.45, 7) is 4.06. The number of halogens is 1. The molecule has 0 aliphatic heterocycles. The molecule has 100 valence electrons. The fourth-order valence-corrected chi connectivity index (χ4v) is 2.70. The van der Waals surface area contributed by atoms with E-state index in [9.17, 15) is 4.79 Å². The number of hydrogen-bond donors (Lipinski definition) is 1. The molecule has 2 rings (SSSR count). The molecule has 1 aromatic heterocycles. The maximum absolute atomic E-state index is 10.6. The van der Waals surface area contributed by atoms with Gasteiger partial charge in [0.2, 0.25) is 0 Å². The lowest BCUT2D eigenvalue weighted by Crippen LogP contribution is -2.02. The smallest absolute Gasteiger partial charge is 0.313 e. The summed E-state index contributed by atoms with van der Waals surface area (Å²) >= 11 is 4.75. The zero-order valence-corrected chi connectivity index (χ0v) is 13.0. The Bertz CT molecular complexity index is 602. The van der Waals surface area contributed by atoms with Crippen LogP contribution in [0.1, 0.15) is 11.1 Å². The number of thioether (sulfide) groups is 1. The number of benzene rings is 1. The van der Waals surface area contributed by atoms with Crippen LogP contribution in [-0.4, -0.2) is 26.4 Å². The molecule has 0 atom stereocenters. The van der Waals surface area contributed by atoms with Crippen molar-refractivity contribution in [1.82, 2.24) is 9.55 Å². The molecular formula is C13H13BrN2O2S. The molecule has 0 radical (unpaired) electrons. The monoisotopic (exact) mass is 340 g/mol. The van der Waals surface area contributed by atoms with Crippen molar-refractivity contribution in [3.05, 3.63) is 40.1 Å². The summed E-state index contributed by atoms with van der Waals surface area (Å²) in [6, 6.07) is 4.09. The molecule has 0 spiro atoms. The van der Waals surface area contributed by atoms with E-state index in [1.165, 1.54) is 11.8 Å². The Labute approximate surface area is 124 Å². The summed E-state index contributed by atoms with van der Waals surface area (Å²) in [4.78, 5) is 14.8. The summed E-state index contributed by atoms with van der Waals surface area (Å²) < 4.78 is 3.00. The van der Waals surface area contributed by atoms with Crippen molar-refractivity contribution in [3.8, 4) is 5.69 Å². The van der Waals surface area contributed by atoms with Gasteiger partial charge in [-0.2, -0.15) is 0 Å². The molecule has 4 nitrogen and oxygen atoms in total. The van der Waals surface area contributed by atoms with E-state index in [4.69, 9.17) is 5.11 Å². The highest BCUT2D eigenvalue weighted by molar-refractivity contribution is 9.10. The molecule has 0 amide bonds. The second kappa shape index (κ2) is 5.79. The van der Waals surface area contributed by atoms with Gasteiger partial charge in [0.15, 0.2) is 5.16 Å². The molecule has 0 saturated heterocycles. The lowest BCUT2D eigenvalue weighted by molar-refractivity contribution is -0.133. The molecule has 1 N–H and O–H groups in total. The number of imidazole rings is 1. The Morgan fingerprint density at radius 2 is 2.05 bits per heavy atom. The van der Waals surface area contributed by atoms with E-state index in [-0.39, 0.29) is 5.75 Å². The molecule has 0 fully saturated rings. The van der Waals surface area contributed by atoms with Gasteiger partial charge in [-0.1, -0.05) is 27.7 Å². The average molecular weight is 341 g/mol. The van der Waals surface area contributed by atoms with Gasteiger partial charge in [-0.15, -0.1) is 0 Å². The minimum Gasteiger partial charge on any atom is -0.481 e. The number of nitrogens with zero attached hydrogens (tertiary/aromatic N) is 2. The number of aromatic nitrogens is 2. The molecule has 1 aromatic carbocycles. The largest absolute Gasteiger partial charge is 0.481 e. The van der Waals surface area contributed by atoms with Crippen molar-refractivity contribution in [2.24, 2.45) is 0 Å². The summed E-state index contributed by atoms with van der Waals surface area (Å²) in [5.41, 5.74) is 3.26. The SMILES string of the molecule is Cc1cc(-n2ccnc2SCC(=O)O)cc(C)c1Br. The van der Waals surface area contributed by atoms with Crippen molar-refractivity contribution in [2.45, 2.75) is 19.0 Å². The number of aryl methyl sites for hydroxylation is 2. The van der Waals surface area contributed by atoms with Gasteiger partial charge >= 0.3 is 5.97 Å². The second-order valence-electron chi connectivity index (χ2n) is 4.16. The molecule has 0 saturated carbocycles. The highest BCUT2D eigenvalue weighted by Crippen LogP contribution is 2.27. The Morgan fingerprint density at radius 1 is 1.42 bits per heavy atom. The zero-order chi connectivity index (χ0) is 14.0. The quantitative estimate of drug-likeness (QED) is 0.866. The zero-order valence-electron chi connectivity index (χ0n) is 10.6. The van der Waals surface area contributed by atoms with Gasteiger partial charge < -0.3 is 5.11 Å². The lowest BCUT2D eigenvalue weighted by atomic mass is 10.1. The van der Waals surface area contributed by atoms with E-state index in [1.807, 2.05) is 36.7 Å². The normalized spacial score (nSPS) is 10.7. The van der Waals surface area contributed by atoms with Crippen LogP contribution in [0.3, 0.4) is 0 Å². The summed E-state index contributed by atoms with van der Waals surface area (Å²) in [6.07, 6.45) is 3.52. The highest BCUT2D eigenvalue weighted by atomic mass is 79.9. The van der Waals surface area contributed by atoms with Crippen molar-refractivity contribution < 1.29 is 9.90 Å². The minimum atomic E-state index is -0.845. The van der Waals surface area contributed by atoms with E-state index >= 15 is 0 Å². The van der Waals surface area contributed by atoms with E-state index in [2.05, 4.69) is 20.9 Å². The third-order valence-electron chi connectivity index (χ3n) is 2.63. The molecule has 0 bridgehead atoms. The Balaban J connectivity index is 2.37. The summed E-state index contributed by atoms with van der Waals surface area (Å²) in [7, 11) is 0.